The second kappa shape index (κ2) is 8.32. The normalized spacial score (nSPS) is 10.0. The van der Waals surface area contributed by atoms with Gasteiger partial charge in [-0.1, -0.05) is 12.2 Å². The number of ether oxygens (including phenoxy) is 2. The smallest absolute Gasteiger partial charge is 0.251 e. The second-order valence-corrected chi connectivity index (χ2v) is 4.22. The molecule has 1 N–H and O–H groups in total. The van der Waals surface area contributed by atoms with E-state index in [1.165, 1.54) is 0 Å². The lowest BCUT2D eigenvalue weighted by atomic mass is 10.2. The van der Waals surface area contributed by atoms with Crippen LogP contribution in [-0.4, -0.2) is 32.3 Å². The zero-order valence-corrected chi connectivity index (χ0v) is 11.6. The zero-order chi connectivity index (χ0) is 14.1. The molecule has 0 radical (unpaired) electrons. The van der Waals surface area contributed by atoms with Crippen molar-refractivity contribution in [2.24, 2.45) is 0 Å². The monoisotopic (exact) mass is 263 g/mol. The van der Waals surface area contributed by atoms with Gasteiger partial charge in [-0.2, -0.15) is 0 Å². The molecule has 0 bridgehead atoms. The molecule has 0 fully saturated rings. The van der Waals surface area contributed by atoms with E-state index < -0.39 is 0 Å². The largest absolute Gasteiger partial charge is 0.494 e. The highest BCUT2D eigenvalue weighted by atomic mass is 16.5. The van der Waals surface area contributed by atoms with Gasteiger partial charge in [0.2, 0.25) is 0 Å². The lowest BCUT2D eigenvalue weighted by molar-refractivity contribution is 0.0927. The molecular weight excluding hydrogens is 242 g/mol. The summed E-state index contributed by atoms with van der Waals surface area (Å²) in [4.78, 5) is 11.8. The SMILES string of the molecule is C=C(C)COCCNC(=O)c1ccc(OCC)cc1. The minimum atomic E-state index is -0.109. The number of carbonyl (C=O) groups is 1. The average molecular weight is 263 g/mol. The van der Waals surface area contributed by atoms with Crippen molar-refractivity contribution in [2.45, 2.75) is 13.8 Å². The van der Waals surface area contributed by atoms with Gasteiger partial charge in [0.15, 0.2) is 0 Å². The Labute approximate surface area is 114 Å². The minimum absolute atomic E-state index is 0.109. The summed E-state index contributed by atoms with van der Waals surface area (Å²) in [7, 11) is 0. The van der Waals surface area contributed by atoms with Crippen molar-refractivity contribution in [3.05, 3.63) is 42.0 Å². The molecule has 0 atom stereocenters. The highest BCUT2D eigenvalue weighted by molar-refractivity contribution is 5.94. The van der Waals surface area contributed by atoms with Crippen LogP contribution in [0.5, 0.6) is 5.75 Å². The molecular formula is C15H21NO3. The summed E-state index contributed by atoms with van der Waals surface area (Å²) < 4.78 is 10.6. The third-order valence-electron chi connectivity index (χ3n) is 2.31. The van der Waals surface area contributed by atoms with E-state index in [1.807, 2.05) is 13.8 Å². The van der Waals surface area contributed by atoms with Gasteiger partial charge >= 0.3 is 0 Å². The Hall–Kier alpha value is -1.81. The van der Waals surface area contributed by atoms with Gasteiger partial charge in [0.05, 0.1) is 19.8 Å². The molecule has 0 spiro atoms. The molecule has 0 saturated carbocycles. The van der Waals surface area contributed by atoms with Gasteiger partial charge in [-0.25, -0.2) is 0 Å². The van der Waals surface area contributed by atoms with Crippen molar-refractivity contribution in [3.8, 4) is 5.75 Å². The molecule has 0 unspecified atom stereocenters. The fourth-order valence-electron chi connectivity index (χ4n) is 1.45. The number of benzene rings is 1. The highest BCUT2D eigenvalue weighted by Crippen LogP contribution is 2.11. The summed E-state index contributed by atoms with van der Waals surface area (Å²) >= 11 is 0. The van der Waals surface area contributed by atoms with Crippen molar-refractivity contribution < 1.29 is 14.3 Å². The first-order chi connectivity index (χ1) is 9.13. The standard InChI is InChI=1S/C15H21NO3/c1-4-19-14-7-5-13(6-8-14)15(17)16-9-10-18-11-12(2)3/h5-8H,2,4,9-11H2,1,3H3,(H,16,17). The molecule has 0 heterocycles. The molecule has 0 aliphatic heterocycles. The fraction of sp³-hybridized carbons (Fsp3) is 0.400. The summed E-state index contributed by atoms with van der Waals surface area (Å²) in [5.41, 5.74) is 1.58. The molecule has 0 aliphatic carbocycles. The molecule has 104 valence electrons. The summed E-state index contributed by atoms with van der Waals surface area (Å²) in [6.45, 7) is 9.67. The van der Waals surface area contributed by atoms with Gasteiger partial charge in [-0.3, -0.25) is 4.79 Å². The molecule has 19 heavy (non-hydrogen) atoms. The molecule has 0 aromatic heterocycles. The van der Waals surface area contributed by atoms with Crippen LogP contribution in [0, 0.1) is 0 Å². The Balaban J connectivity index is 2.30. The van der Waals surface area contributed by atoms with Gasteiger partial charge in [-0.05, 0) is 38.1 Å². The van der Waals surface area contributed by atoms with E-state index >= 15 is 0 Å². The molecule has 0 aliphatic rings. The number of rotatable bonds is 8. The van der Waals surface area contributed by atoms with E-state index in [0.717, 1.165) is 11.3 Å². The maximum Gasteiger partial charge on any atom is 0.251 e. The average Bonchev–Trinajstić information content (AvgIpc) is 2.39. The van der Waals surface area contributed by atoms with Crippen LogP contribution >= 0.6 is 0 Å². The van der Waals surface area contributed by atoms with Gasteiger partial charge in [-0.15, -0.1) is 0 Å². The highest BCUT2D eigenvalue weighted by Gasteiger charge is 2.04. The van der Waals surface area contributed by atoms with Gasteiger partial charge in [0, 0.05) is 12.1 Å². The van der Waals surface area contributed by atoms with Crippen molar-refractivity contribution in [3.63, 3.8) is 0 Å². The van der Waals surface area contributed by atoms with Crippen LogP contribution in [0.25, 0.3) is 0 Å². The number of nitrogens with one attached hydrogen (secondary N) is 1. The Morgan fingerprint density at radius 1 is 1.32 bits per heavy atom. The maximum atomic E-state index is 11.8. The lowest BCUT2D eigenvalue weighted by Gasteiger charge is -2.07. The van der Waals surface area contributed by atoms with Crippen molar-refractivity contribution in [2.75, 3.05) is 26.4 Å². The third kappa shape index (κ3) is 6.06. The van der Waals surface area contributed by atoms with Crippen LogP contribution in [-0.2, 0) is 4.74 Å². The van der Waals surface area contributed by atoms with Crippen LogP contribution in [0.1, 0.15) is 24.2 Å². The number of carbonyl (C=O) groups excluding carboxylic acids is 1. The number of hydrogen-bond acceptors (Lipinski definition) is 3. The van der Waals surface area contributed by atoms with E-state index in [-0.39, 0.29) is 5.91 Å². The Morgan fingerprint density at radius 2 is 2.00 bits per heavy atom. The van der Waals surface area contributed by atoms with E-state index in [0.29, 0.717) is 31.9 Å². The van der Waals surface area contributed by atoms with Crippen molar-refractivity contribution in [1.29, 1.82) is 0 Å². The third-order valence-corrected chi connectivity index (χ3v) is 2.31. The summed E-state index contributed by atoms with van der Waals surface area (Å²) in [5, 5.41) is 2.79. The minimum Gasteiger partial charge on any atom is -0.494 e. The van der Waals surface area contributed by atoms with E-state index in [2.05, 4.69) is 11.9 Å². The Kier molecular flexibility index (Phi) is 6.68. The van der Waals surface area contributed by atoms with E-state index in [4.69, 9.17) is 9.47 Å². The van der Waals surface area contributed by atoms with Crippen LogP contribution in [0.3, 0.4) is 0 Å². The molecule has 1 aromatic carbocycles. The van der Waals surface area contributed by atoms with E-state index in [9.17, 15) is 4.79 Å². The summed E-state index contributed by atoms with van der Waals surface area (Å²) in [5.74, 6) is 0.658. The van der Waals surface area contributed by atoms with Crippen LogP contribution in [0.4, 0.5) is 0 Å². The molecule has 1 aromatic rings. The Morgan fingerprint density at radius 3 is 2.58 bits per heavy atom. The second-order valence-electron chi connectivity index (χ2n) is 4.22. The zero-order valence-electron chi connectivity index (χ0n) is 11.6. The fourth-order valence-corrected chi connectivity index (χ4v) is 1.45. The maximum absolute atomic E-state index is 11.8. The summed E-state index contributed by atoms with van der Waals surface area (Å²) in [6, 6.07) is 7.07. The quantitative estimate of drug-likeness (QED) is 0.579. The number of amides is 1. The van der Waals surface area contributed by atoms with Crippen molar-refractivity contribution >= 4 is 5.91 Å². The number of hydrogen-bond donors (Lipinski definition) is 1. The molecule has 4 heteroatoms. The Bertz CT molecular complexity index is 412. The lowest BCUT2D eigenvalue weighted by Crippen LogP contribution is -2.27. The molecule has 0 saturated heterocycles. The first-order valence-electron chi connectivity index (χ1n) is 6.36. The summed E-state index contributed by atoms with van der Waals surface area (Å²) in [6.07, 6.45) is 0. The first kappa shape index (κ1) is 15.2. The van der Waals surface area contributed by atoms with Gasteiger partial charge in [0.25, 0.3) is 5.91 Å². The topological polar surface area (TPSA) is 47.6 Å². The predicted molar refractivity (Wildman–Crippen MR) is 75.6 cm³/mol. The molecule has 4 nitrogen and oxygen atoms in total. The predicted octanol–water partition coefficient (Wildman–Crippen LogP) is 2.41. The van der Waals surface area contributed by atoms with Crippen LogP contribution in [0.2, 0.25) is 0 Å². The van der Waals surface area contributed by atoms with E-state index in [1.54, 1.807) is 24.3 Å². The van der Waals surface area contributed by atoms with Gasteiger partial charge < -0.3 is 14.8 Å². The first-order valence-corrected chi connectivity index (χ1v) is 6.36. The van der Waals surface area contributed by atoms with Crippen LogP contribution < -0.4 is 10.1 Å². The van der Waals surface area contributed by atoms with Gasteiger partial charge in [0.1, 0.15) is 5.75 Å². The molecule has 1 rings (SSSR count). The van der Waals surface area contributed by atoms with Crippen LogP contribution in [0.15, 0.2) is 36.4 Å². The van der Waals surface area contributed by atoms with Crippen molar-refractivity contribution in [1.82, 2.24) is 5.32 Å². The molecule has 1 amide bonds.